The van der Waals surface area contributed by atoms with Gasteiger partial charge in [0.1, 0.15) is 0 Å². The number of halogens is 3. The van der Waals surface area contributed by atoms with Gasteiger partial charge in [-0.25, -0.2) is 0 Å². The molecule has 0 radical (unpaired) electrons. The Balaban J connectivity index is 0. The average Bonchev–Trinajstić information content (AvgIpc) is 2.49. The molecule has 24 heavy (non-hydrogen) atoms. The Bertz CT molecular complexity index is 235. The first-order valence-corrected chi connectivity index (χ1v) is 9.74. The number of hydrogen-bond donors (Lipinski definition) is 1. The van der Waals surface area contributed by atoms with Crippen molar-refractivity contribution in [1.29, 1.82) is 0 Å². The summed E-state index contributed by atoms with van der Waals surface area (Å²) in [5.41, 5.74) is 0. The molecule has 0 saturated heterocycles. The van der Waals surface area contributed by atoms with Gasteiger partial charge in [-0.15, -0.1) is 0 Å². The third-order valence-electron chi connectivity index (χ3n) is 4.37. The second-order valence-corrected chi connectivity index (χ2v) is 6.75. The van der Waals surface area contributed by atoms with E-state index in [1.165, 1.54) is 64.2 Å². The van der Waals surface area contributed by atoms with Crippen molar-refractivity contribution in [3.05, 3.63) is 0 Å². The summed E-state index contributed by atoms with van der Waals surface area (Å²) >= 11 is 0. The lowest BCUT2D eigenvalue weighted by Gasteiger charge is -2.05. The fourth-order valence-electron chi connectivity index (χ4n) is 2.91. The molecule has 0 spiro atoms. The number of rotatable bonds is 17. The summed E-state index contributed by atoms with van der Waals surface area (Å²) in [6.45, 7) is 0.327. The molecule has 0 aromatic rings. The molecule has 1 nitrogen and oxygen atoms in total. The SMILES string of the molecule is OCCCCCCCCCCCCCCCCCCC(F)(F)F.S. The van der Waals surface area contributed by atoms with E-state index in [2.05, 4.69) is 0 Å². The van der Waals surface area contributed by atoms with E-state index in [0.717, 1.165) is 32.1 Å². The van der Waals surface area contributed by atoms with Crippen LogP contribution in [0.1, 0.15) is 109 Å². The van der Waals surface area contributed by atoms with Gasteiger partial charge in [0, 0.05) is 13.0 Å². The minimum Gasteiger partial charge on any atom is -0.396 e. The summed E-state index contributed by atoms with van der Waals surface area (Å²) in [5, 5.41) is 8.67. The van der Waals surface area contributed by atoms with Gasteiger partial charge >= 0.3 is 6.18 Å². The minimum atomic E-state index is -3.97. The van der Waals surface area contributed by atoms with Gasteiger partial charge in [-0.1, -0.05) is 89.9 Å². The fourth-order valence-corrected chi connectivity index (χ4v) is 2.91. The zero-order valence-electron chi connectivity index (χ0n) is 15.3. The number of alkyl halides is 3. The molecule has 148 valence electrons. The highest BCUT2D eigenvalue weighted by molar-refractivity contribution is 7.59. The van der Waals surface area contributed by atoms with Crippen LogP contribution in [0.4, 0.5) is 13.2 Å². The zero-order chi connectivity index (χ0) is 17.2. The third-order valence-corrected chi connectivity index (χ3v) is 4.37. The smallest absolute Gasteiger partial charge is 0.389 e. The molecular formula is C19H39F3OS. The van der Waals surface area contributed by atoms with Crippen molar-refractivity contribution < 1.29 is 18.3 Å². The first kappa shape index (κ1) is 26.3. The summed E-state index contributed by atoms with van der Waals surface area (Å²) in [7, 11) is 0. The summed E-state index contributed by atoms with van der Waals surface area (Å²) in [6.07, 6.45) is 13.4. The van der Waals surface area contributed by atoms with Crippen LogP contribution in [0.25, 0.3) is 0 Å². The van der Waals surface area contributed by atoms with Crippen LogP contribution in [0.5, 0.6) is 0 Å². The molecule has 0 aromatic heterocycles. The number of aliphatic hydroxyl groups is 1. The van der Waals surface area contributed by atoms with Crippen LogP contribution in [0.2, 0.25) is 0 Å². The van der Waals surface area contributed by atoms with Crippen molar-refractivity contribution >= 4 is 13.5 Å². The van der Waals surface area contributed by atoms with E-state index in [1.54, 1.807) is 0 Å². The largest absolute Gasteiger partial charge is 0.396 e. The quantitative estimate of drug-likeness (QED) is 0.266. The lowest BCUT2D eigenvalue weighted by molar-refractivity contribution is -0.135. The standard InChI is InChI=1S/C19H37F3O.H2S/c20-19(21,22)17-15-13-11-9-7-5-3-1-2-4-6-8-10-12-14-16-18-23;/h23H,1-18H2;1H2. The lowest BCUT2D eigenvalue weighted by Crippen LogP contribution is -2.06. The topological polar surface area (TPSA) is 20.2 Å². The molecule has 0 unspecified atom stereocenters. The molecule has 0 fully saturated rings. The monoisotopic (exact) mass is 372 g/mol. The predicted molar refractivity (Wildman–Crippen MR) is 102 cm³/mol. The van der Waals surface area contributed by atoms with Crippen molar-refractivity contribution in [1.82, 2.24) is 0 Å². The first-order chi connectivity index (χ1) is 11.1. The third kappa shape index (κ3) is 24.4. The summed E-state index contributed by atoms with van der Waals surface area (Å²) < 4.78 is 35.8. The maximum absolute atomic E-state index is 11.9. The van der Waals surface area contributed by atoms with Crippen LogP contribution in [0.15, 0.2) is 0 Å². The van der Waals surface area contributed by atoms with E-state index in [-0.39, 0.29) is 13.5 Å². The van der Waals surface area contributed by atoms with Gasteiger partial charge in [-0.3, -0.25) is 0 Å². The van der Waals surface area contributed by atoms with Crippen LogP contribution < -0.4 is 0 Å². The number of aliphatic hydroxyl groups excluding tert-OH is 1. The number of unbranched alkanes of at least 4 members (excludes halogenated alkanes) is 15. The molecule has 0 aliphatic heterocycles. The predicted octanol–water partition coefficient (Wildman–Crippen LogP) is 7.29. The Morgan fingerprint density at radius 2 is 0.708 bits per heavy atom. The van der Waals surface area contributed by atoms with Crippen molar-refractivity contribution in [2.24, 2.45) is 0 Å². The second-order valence-electron chi connectivity index (χ2n) is 6.75. The average molecular weight is 373 g/mol. The van der Waals surface area contributed by atoms with Crippen molar-refractivity contribution in [2.75, 3.05) is 6.61 Å². The van der Waals surface area contributed by atoms with Gasteiger partial charge in [-0.2, -0.15) is 26.7 Å². The second kappa shape index (κ2) is 19.4. The normalized spacial score (nSPS) is 11.5. The van der Waals surface area contributed by atoms with E-state index in [4.69, 9.17) is 5.11 Å². The van der Waals surface area contributed by atoms with Gasteiger partial charge < -0.3 is 5.11 Å². The highest BCUT2D eigenvalue weighted by Crippen LogP contribution is 2.23. The van der Waals surface area contributed by atoms with Gasteiger partial charge in [0.05, 0.1) is 0 Å². The lowest BCUT2D eigenvalue weighted by atomic mass is 10.0. The van der Waals surface area contributed by atoms with E-state index >= 15 is 0 Å². The molecule has 1 N–H and O–H groups in total. The van der Waals surface area contributed by atoms with E-state index in [1.807, 2.05) is 0 Å². The minimum absolute atomic E-state index is 0. The molecule has 0 heterocycles. The van der Waals surface area contributed by atoms with Crippen molar-refractivity contribution in [3.8, 4) is 0 Å². The first-order valence-electron chi connectivity index (χ1n) is 9.74. The Kier molecular flexibility index (Phi) is 21.3. The van der Waals surface area contributed by atoms with Crippen LogP contribution in [0, 0.1) is 0 Å². The molecule has 0 amide bonds. The van der Waals surface area contributed by atoms with E-state index < -0.39 is 12.6 Å². The Hall–Kier alpha value is 0.100. The molecule has 0 aromatic carbocycles. The fraction of sp³-hybridized carbons (Fsp3) is 1.00. The van der Waals surface area contributed by atoms with Gasteiger partial charge in [0.15, 0.2) is 0 Å². The zero-order valence-corrected chi connectivity index (χ0v) is 16.3. The van der Waals surface area contributed by atoms with Gasteiger partial charge in [0.25, 0.3) is 0 Å². The maximum atomic E-state index is 11.9. The molecule has 0 rings (SSSR count). The molecule has 0 aliphatic rings. The Morgan fingerprint density at radius 3 is 0.958 bits per heavy atom. The highest BCUT2D eigenvalue weighted by Gasteiger charge is 2.25. The molecule has 0 atom stereocenters. The number of hydrogen-bond acceptors (Lipinski definition) is 1. The summed E-state index contributed by atoms with van der Waals surface area (Å²) in [5.74, 6) is 0. The van der Waals surface area contributed by atoms with Crippen LogP contribution in [0.3, 0.4) is 0 Å². The van der Waals surface area contributed by atoms with Crippen LogP contribution >= 0.6 is 13.5 Å². The molecule has 0 aliphatic carbocycles. The summed E-state index contributed by atoms with van der Waals surface area (Å²) in [6, 6.07) is 0. The summed E-state index contributed by atoms with van der Waals surface area (Å²) in [4.78, 5) is 0. The van der Waals surface area contributed by atoms with E-state index in [9.17, 15) is 13.2 Å². The Morgan fingerprint density at radius 1 is 0.458 bits per heavy atom. The maximum Gasteiger partial charge on any atom is 0.389 e. The van der Waals surface area contributed by atoms with E-state index in [0.29, 0.717) is 13.0 Å². The van der Waals surface area contributed by atoms with Crippen molar-refractivity contribution in [3.63, 3.8) is 0 Å². The highest BCUT2D eigenvalue weighted by atomic mass is 32.1. The van der Waals surface area contributed by atoms with Crippen LogP contribution in [-0.4, -0.2) is 17.9 Å². The van der Waals surface area contributed by atoms with Gasteiger partial charge in [0.2, 0.25) is 0 Å². The molecule has 0 saturated carbocycles. The van der Waals surface area contributed by atoms with Crippen LogP contribution in [-0.2, 0) is 0 Å². The Labute approximate surface area is 154 Å². The van der Waals surface area contributed by atoms with Gasteiger partial charge in [-0.05, 0) is 12.8 Å². The molecule has 0 bridgehead atoms. The molecular weight excluding hydrogens is 333 g/mol. The van der Waals surface area contributed by atoms with Crippen molar-refractivity contribution in [2.45, 2.75) is 115 Å². The molecule has 5 heteroatoms.